The van der Waals surface area contributed by atoms with E-state index in [9.17, 15) is 18.0 Å². The molecule has 0 aliphatic heterocycles. The summed E-state index contributed by atoms with van der Waals surface area (Å²) >= 11 is 0. The third-order valence-corrected chi connectivity index (χ3v) is 6.78. The zero-order valence-corrected chi connectivity index (χ0v) is 20.6. The molecule has 1 atom stereocenters. The van der Waals surface area contributed by atoms with Crippen molar-refractivity contribution in [1.29, 1.82) is 0 Å². The topological polar surface area (TPSA) is 54.3 Å². The van der Waals surface area contributed by atoms with Crippen molar-refractivity contribution in [3.63, 3.8) is 0 Å². The SMILES string of the molecule is Cc1ccc(CN[C@H]2Cc3ccc(NC(=O)c4cccc(C)c4-c4ccc(C(F)(F)F)cc4)cc3C2)o1. The summed E-state index contributed by atoms with van der Waals surface area (Å²) in [5, 5.41) is 6.52. The van der Waals surface area contributed by atoms with E-state index in [1.54, 1.807) is 12.1 Å². The smallest absolute Gasteiger partial charge is 0.416 e. The maximum Gasteiger partial charge on any atom is 0.416 e. The minimum absolute atomic E-state index is 0.286. The minimum Gasteiger partial charge on any atom is -0.465 e. The number of carbonyl (C=O) groups excluding carboxylic acids is 1. The van der Waals surface area contributed by atoms with Crippen molar-refractivity contribution >= 4 is 11.6 Å². The van der Waals surface area contributed by atoms with Crippen LogP contribution < -0.4 is 10.6 Å². The summed E-state index contributed by atoms with van der Waals surface area (Å²) in [6.07, 6.45) is -2.66. The normalized spacial score (nSPS) is 15.0. The predicted octanol–water partition coefficient (Wildman–Crippen LogP) is 7.09. The van der Waals surface area contributed by atoms with Gasteiger partial charge >= 0.3 is 6.18 Å². The Bertz CT molecular complexity index is 1440. The largest absolute Gasteiger partial charge is 0.465 e. The Morgan fingerprint density at radius 1 is 0.946 bits per heavy atom. The molecular weight excluding hydrogens is 477 g/mol. The van der Waals surface area contributed by atoms with Crippen molar-refractivity contribution in [3.8, 4) is 11.1 Å². The molecule has 0 fully saturated rings. The van der Waals surface area contributed by atoms with Gasteiger partial charge in [0.15, 0.2) is 0 Å². The summed E-state index contributed by atoms with van der Waals surface area (Å²) < 4.78 is 44.7. The average molecular weight is 505 g/mol. The molecule has 0 spiro atoms. The second-order valence-electron chi connectivity index (χ2n) is 9.51. The quantitative estimate of drug-likeness (QED) is 0.295. The van der Waals surface area contributed by atoms with Gasteiger partial charge in [-0.15, -0.1) is 0 Å². The summed E-state index contributed by atoms with van der Waals surface area (Å²) in [6.45, 7) is 4.43. The van der Waals surface area contributed by atoms with E-state index < -0.39 is 11.7 Å². The number of alkyl halides is 3. The van der Waals surface area contributed by atoms with Gasteiger partial charge in [-0.05, 0) is 97.0 Å². The van der Waals surface area contributed by atoms with Crippen LogP contribution in [-0.4, -0.2) is 11.9 Å². The molecule has 1 aliphatic carbocycles. The number of carbonyl (C=O) groups is 1. The molecule has 0 saturated heterocycles. The Hall–Kier alpha value is -3.84. The first kappa shape index (κ1) is 24.8. The van der Waals surface area contributed by atoms with E-state index in [-0.39, 0.29) is 11.9 Å². The number of hydrogen-bond donors (Lipinski definition) is 2. The number of fused-ring (bicyclic) bond motifs is 1. The Kier molecular flexibility index (Phi) is 6.65. The average Bonchev–Trinajstić information content (AvgIpc) is 3.47. The van der Waals surface area contributed by atoms with Gasteiger partial charge < -0.3 is 15.1 Å². The van der Waals surface area contributed by atoms with Gasteiger partial charge in [-0.3, -0.25) is 4.79 Å². The van der Waals surface area contributed by atoms with Gasteiger partial charge in [-0.25, -0.2) is 0 Å². The van der Waals surface area contributed by atoms with Crippen LogP contribution in [-0.2, 0) is 25.6 Å². The van der Waals surface area contributed by atoms with E-state index in [0.717, 1.165) is 42.1 Å². The van der Waals surface area contributed by atoms with E-state index in [0.29, 0.717) is 28.9 Å². The van der Waals surface area contributed by atoms with E-state index in [1.807, 2.05) is 50.2 Å². The molecule has 7 heteroatoms. The second kappa shape index (κ2) is 9.90. The standard InChI is InChI=1S/C30H27F3N2O2/c1-18-4-3-5-27(28(18)20-7-10-23(11-8-20)30(31,32)33)29(36)35-24-12-9-21-14-25(16-22(21)15-24)34-17-26-13-6-19(2)37-26/h3-13,15,25,34H,14,16-17H2,1-2H3,(H,35,36)/t25-/m0/s1. The lowest BCUT2D eigenvalue weighted by Gasteiger charge is -2.15. The number of furan rings is 1. The number of nitrogens with one attached hydrogen (secondary N) is 2. The van der Waals surface area contributed by atoms with Crippen LogP contribution in [0.4, 0.5) is 18.9 Å². The molecule has 190 valence electrons. The molecular formula is C30H27F3N2O2. The Balaban J connectivity index is 1.30. The van der Waals surface area contributed by atoms with Crippen molar-refractivity contribution in [1.82, 2.24) is 5.32 Å². The minimum atomic E-state index is -4.41. The molecule has 3 aromatic carbocycles. The zero-order chi connectivity index (χ0) is 26.2. The first-order chi connectivity index (χ1) is 17.7. The van der Waals surface area contributed by atoms with E-state index in [4.69, 9.17) is 4.42 Å². The van der Waals surface area contributed by atoms with Crippen LogP contribution >= 0.6 is 0 Å². The molecule has 0 radical (unpaired) electrons. The highest BCUT2D eigenvalue weighted by molar-refractivity contribution is 6.09. The van der Waals surface area contributed by atoms with Gasteiger partial charge in [0.2, 0.25) is 0 Å². The fourth-order valence-corrected chi connectivity index (χ4v) is 4.93. The van der Waals surface area contributed by atoms with Crippen LogP contribution in [0.5, 0.6) is 0 Å². The highest BCUT2D eigenvalue weighted by Crippen LogP contribution is 2.34. The first-order valence-electron chi connectivity index (χ1n) is 12.2. The number of amides is 1. The number of anilines is 1. The third kappa shape index (κ3) is 5.47. The molecule has 2 N–H and O–H groups in total. The number of hydrogen-bond acceptors (Lipinski definition) is 3. The predicted molar refractivity (Wildman–Crippen MR) is 137 cm³/mol. The number of benzene rings is 3. The van der Waals surface area contributed by atoms with Crippen molar-refractivity contribution in [2.45, 2.75) is 45.5 Å². The van der Waals surface area contributed by atoms with Crippen molar-refractivity contribution in [3.05, 3.63) is 112 Å². The van der Waals surface area contributed by atoms with Gasteiger partial charge in [0.05, 0.1) is 12.1 Å². The first-order valence-corrected chi connectivity index (χ1v) is 12.2. The zero-order valence-electron chi connectivity index (χ0n) is 20.6. The molecule has 1 heterocycles. The Morgan fingerprint density at radius 2 is 1.70 bits per heavy atom. The third-order valence-electron chi connectivity index (χ3n) is 6.78. The molecule has 1 amide bonds. The van der Waals surface area contributed by atoms with Crippen LogP contribution in [0.2, 0.25) is 0 Å². The van der Waals surface area contributed by atoms with E-state index in [2.05, 4.69) is 10.6 Å². The second-order valence-corrected chi connectivity index (χ2v) is 9.51. The van der Waals surface area contributed by atoms with Gasteiger partial charge in [0.1, 0.15) is 11.5 Å². The number of halogens is 3. The monoisotopic (exact) mass is 504 g/mol. The van der Waals surface area contributed by atoms with Crippen LogP contribution in [0.3, 0.4) is 0 Å². The fourth-order valence-electron chi connectivity index (χ4n) is 4.93. The maximum atomic E-state index is 13.3. The molecule has 4 aromatic rings. The van der Waals surface area contributed by atoms with Gasteiger partial charge in [0.25, 0.3) is 5.91 Å². The van der Waals surface area contributed by atoms with Gasteiger partial charge in [-0.1, -0.05) is 30.3 Å². The van der Waals surface area contributed by atoms with E-state index >= 15 is 0 Å². The summed E-state index contributed by atoms with van der Waals surface area (Å²) in [5.74, 6) is 1.49. The van der Waals surface area contributed by atoms with Gasteiger partial charge in [-0.2, -0.15) is 13.2 Å². The summed E-state index contributed by atoms with van der Waals surface area (Å²) in [6, 6.07) is 20.4. The summed E-state index contributed by atoms with van der Waals surface area (Å²) in [4.78, 5) is 13.3. The van der Waals surface area contributed by atoms with Crippen LogP contribution in [0, 0.1) is 13.8 Å². The van der Waals surface area contributed by atoms with E-state index in [1.165, 1.54) is 23.3 Å². The molecule has 37 heavy (non-hydrogen) atoms. The lowest BCUT2D eigenvalue weighted by Crippen LogP contribution is -2.28. The molecule has 1 aromatic heterocycles. The maximum absolute atomic E-state index is 13.3. The van der Waals surface area contributed by atoms with Crippen LogP contribution in [0.1, 0.15) is 44.1 Å². The molecule has 0 saturated carbocycles. The summed E-state index contributed by atoms with van der Waals surface area (Å²) in [7, 11) is 0. The lowest BCUT2D eigenvalue weighted by atomic mass is 9.93. The number of rotatable bonds is 6. The van der Waals surface area contributed by atoms with Crippen LogP contribution in [0.25, 0.3) is 11.1 Å². The molecule has 1 aliphatic rings. The molecule has 5 rings (SSSR count). The lowest BCUT2D eigenvalue weighted by molar-refractivity contribution is -0.137. The highest BCUT2D eigenvalue weighted by atomic mass is 19.4. The van der Waals surface area contributed by atoms with Crippen molar-refractivity contribution < 1.29 is 22.4 Å². The van der Waals surface area contributed by atoms with Crippen molar-refractivity contribution in [2.75, 3.05) is 5.32 Å². The number of aryl methyl sites for hydroxylation is 2. The van der Waals surface area contributed by atoms with Crippen LogP contribution in [0.15, 0.2) is 77.2 Å². The fraction of sp³-hybridized carbons (Fsp3) is 0.233. The Morgan fingerprint density at radius 3 is 2.41 bits per heavy atom. The molecule has 0 bridgehead atoms. The van der Waals surface area contributed by atoms with Crippen molar-refractivity contribution in [2.24, 2.45) is 0 Å². The summed E-state index contributed by atoms with van der Waals surface area (Å²) in [5.41, 5.74) is 4.78. The highest BCUT2D eigenvalue weighted by Gasteiger charge is 2.30. The Labute approximate surface area is 213 Å². The molecule has 0 unspecified atom stereocenters. The molecule has 4 nitrogen and oxygen atoms in total. The van der Waals surface area contributed by atoms with Gasteiger partial charge in [0, 0.05) is 17.3 Å².